The van der Waals surface area contributed by atoms with Crippen molar-refractivity contribution in [2.75, 3.05) is 11.9 Å². The van der Waals surface area contributed by atoms with Crippen LogP contribution in [0.4, 0.5) is 10.1 Å². The highest BCUT2D eigenvalue weighted by molar-refractivity contribution is 7.80. The van der Waals surface area contributed by atoms with Crippen LogP contribution in [0.2, 0.25) is 0 Å². The Bertz CT molecular complexity index is 895. The normalized spacial score (nSPS) is 10.6. The molecule has 4 nitrogen and oxygen atoms in total. The van der Waals surface area contributed by atoms with Gasteiger partial charge < -0.3 is 14.8 Å². The Balaban J connectivity index is 1.72. The van der Waals surface area contributed by atoms with Gasteiger partial charge in [-0.1, -0.05) is 43.3 Å². The lowest BCUT2D eigenvalue weighted by Gasteiger charge is -2.27. The number of para-hydroxylation sites is 1. The van der Waals surface area contributed by atoms with Crippen molar-refractivity contribution in [2.24, 2.45) is 0 Å². The van der Waals surface area contributed by atoms with Gasteiger partial charge in [0, 0.05) is 43.3 Å². The van der Waals surface area contributed by atoms with Crippen molar-refractivity contribution in [2.45, 2.75) is 32.9 Å². The summed E-state index contributed by atoms with van der Waals surface area (Å²) in [6.07, 6.45) is 7.30. The second-order valence-corrected chi connectivity index (χ2v) is 6.99. The first-order chi connectivity index (χ1) is 13.7. The van der Waals surface area contributed by atoms with Crippen molar-refractivity contribution in [1.82, 2.24) is 14.5 Å². The number of thiocarbonyl (C=S) groups is 1. The van der Waals surface area contributed by atoms with E-state index in [4.69, 9.17) is 12.2 Å². The number of benzene rings is 2. The summed E-state index contributed by atoms with van der Waals surface area (Å²) < 4.78 is 16.2. The van der Waals surface area contributed by atoms with Crippen LogP contribution in [0.25, 0.3) is 0 Å². The largest absolute Gasteiger partial charge is 0.345 e. The molecule has 3 aromatic rings. The first kappa shape index (κ1) is 20.0. The maximum atomic E-state index is 14.2. The molecule has 0 aliphatic heterocycles. The van der Waals surface area contributed by atoms with E-state index in [1.165, 1.54) is 11.6 Å². The van der Waals surface area contributed by atoms with Gasteiger partial charge in [0.15, 0.2) is 5.11 Å². The molecular formula is C22H25FN4S. The minimum absolute atomic E-state index is 0.209. The van der Waals surface area contributed by atoms with Crippen LogP contribution in [0.15, 0.2) is 67.3 Å². The van der Waals surface area contributed by atoms with Crippen LogP contribution in [0.1, 0.15) is 24.5 Å². The van der Waals surface area contributed by atoms with Crippen LogP contribution in [-0.4, -0.2) is 26.1 Å². The maximum absolute atomic E-state index is 14.2. The van der Waals surface area contributed by atoms with Gasteiger partial charge in [-0.3, -0.25) is 0 Å². The number of hydrogen-bond acceptors (Lipinski definition) is 2. The van der Waals surface area contributed by atoms with Gasteiger partial charge in [0.25, 0.3) is 0 Å². The van der Waals surface area contributed by atoms with Crippen LogP contribution >= 0.6 is 12.2 Å². The molecule has 0 atom stereocenters. The molecule has 6 heteroatoms. The van der Waals surface area contributed by atoms with Crippen LogP contribution in [-0.2, 0) is 19.5 Å². The Morgan fingerprint density at radius 2 is 1.89 bits per heavy atom. The van der Waals surface area contributed by atoms with Crippen molar-refractivity contribution in [3.63, 3.8) is 0 Å². The van der Waals surface area contributed by atoms with Gasteiger partial charge >= 0.3 is 0 Å². The van der Waals surface area contributed by atoms with Gasteiger partial charge in [0.05, 0.1) is 6.33 Å². The van der Waals surface area contributed by atoms with Crippen molar-refractivity contribution in [1.29, 1.82) is 0 Å². The number of nitrogens with one attached hydrogen (secondary N) is 1. The van der Waals surface area contributed by atoms with E-state index in [9.17, 15) is 4.39 Å². The SMILES string of the molecule is CCc1ccccc1NC(=S)N(CCCn1ccnc1)Cc1ccccc1F. The molecule has 0 radical (unpaired) electrons. The minimum atomic E-state index is -0.209. The van der Waals surface area contributed by atoms with Crippen molar-refractivity contribution >= 4 is 23.0 Å². The lowest BCUT2D eigenvalue weighted by atomic mass is 10.1. The highest BCUT2D eigenvalue weighted by Gasteiger charge is 2.14. The molecule has 0 spiro atoms. The van der Waals surface area contributed by atoms with E-state index in [-0.39, 0.29) is 5.82 Å². The number of imidazole rings is 1. The summed E-state index contributed by atoms with van der Waals surface area (Å²) in [5.41, 5.74) is 2.84. The molecule has 3 rings (SSSR count). The summed E-state index contributed by atoms with van der Waals surface area (Å²) in [5, 5.41) is 3.97. The van der Waals surface area contributed by atoms with Crippen LogP contribution in [0.3, 0.4) is 0 Å². The van der Waals surface area contributed by atoms with Crippen LogP contribution in [0.5, 0.6) is 0 Å². The summed E-state index contributed by atoms with van der Waals surface area (Å²) >= 11 is 5.69. The number of halogens is 1. The number of aryl methyl sites for hydroxylation is 2. The summed E-state index contributed by atoms with van der Waals surface area (Å²) in [4.78, 5) is 6.10. The van der Waals surface area contributed by atoms with E-state index >= 15 is 0 Å². The van der Waals surface area contributed by atoms with Gasteiger partial charge in [-0.25, -0.2) is 9.37 Å². The van der Waals surface area contributed by atoms with Gasteiger partial charge in [-0.15, -0.1) is 0 Å². The summed E-state index contributed by atoms with van der Waals surface area (Å²) in [5.74, 6) is -0.209. The third-order valence-electron chi connectivity index (χ3n) is 4.65. The predicted octanol–water partition coefficient (Wildman–Crippen LogP) is 4.87. The molecule has 0 saturated carbocycles. The molecule has 1 N–H and O–H groups in total. The number of hydrogen-bond donors (Lipinski definition) is 1. The van der Waals surface area contributed by atoms with E-state index in [1.807, 2.05) is 39.9 Å². The van der Waals surface area contributed by atoms with E-state index < -0.39 is 0 Å². The molecule has 2 aromatic carbocycles. The van der Waals surface area contributed by atoms with E-state index in [1.54, 1.807) is 24.7 Å². The fourth-order valence-electron chi connectivity index (χ4n) is 3.09. The number of rotatable bonds is 8. The summed E-state index contributed by atoms with van der Waals surface area (Å²) in [7, 11) is 0. The average Bonchev–Trinajstić information content (AvgIpc) is 3.22. The maximum Gasteiger partial charge on any atom is 0.173 e. The zero-order valence-electron chi connectivity index (χ0n) is 16.0. The number of aromatic nitrogens is 2. The van der Waals surface area contributed by atoms with Crippen LogP contribution < -0.4 is 5.32 Å². The molecule has 1 aromatic heterocycles. The van der Waals surface area contributed by atoms with Gasteiger partial charge in [-0.05, 0) is 42.8 Å². The highest BCUT2D eigenvalue weighted by Crippen LogP contribution is 2.18. The number of nitrogens with zero attached hydrogens (tertiary/aromatic N) is 3. The fourth-order valence-corrected chi connectivity index (χ4v) is 3.36. The zero-order chi connectivity index (χ0) is 19.8. The average molecular weight is 397 g/mol. The first-order valence-electron chi connectivity index (χ1n) is 9.50. The predicted molar refractivity (Wildman–Crippen MR) is 116 cm³/mol. The van der Waals surface area contributed by atoms with E-state index in [0.717, 1.165) is 25.1 Å². The molecule has 146 valence electrons. The summed E-state index contributed by atoms with van der Waals surface area (Å²) in [6, 6.07) is 15.0. The third-order valence-corrected chi connectivity index (χ3v) is 5.01. The van der Waals surface area contributed by atoms with Gasteiger partial charge in [0.1, 0.15) is 5.82 Å². The lowest BCUT2D eigenvalue weighted by Crippen LogP contribution is -2.36. The Morgan fingerprint density at radius 1 is 1.14 bits per heavy atom. The quantitative estimate of drug-likeness (QED) is 0.551. The molecule has 1 heterocycles. The Kier molecular flexibility index (Phi) is 7.14. The molecule has 0 aliphatic carbocycles. The first-order valence-corrected chi connectivity index (χ1v) is 9.91. The van der Waals surface area contributed by atoms with Crippen molar-refractivity contribution in [3.8, 4) is 0 Å². The Hall–Kier alpha value is -2.73. The monoisotopic (exact) mass is 396 g/mol. The molecule has 0 aliphatic rings. The van der Waals surface area contributed by atoms with Gasteiger partial charge in [-0.2, -0.15) is 0 Å². The van der Waals surface area contributed by atoms with Gasteiger partial charge in [0.2, 0.25) is 0 Å². The third kappa shape index (κ3) is 5.39. The van der Waals surface area contributed by atoms with Crippen molar-refractivity contribution in [3.05, 3.63) is 84.2 Å². The molecule has 0 bridgehead atoms. The second-order valence-electron chi connectivity index (χ2n) is 6.61. The van der Waals surface area contributed by atoms with E-state index in [2.05, 4.69) is 23.3 Å². The molecular weight excluding hydrogens is 371 g/mol. The smallest absolute Gasteiger partial charge is 0.173 e. The van der Waals surface area contributed by atoms with Crippen molar-refractivity contribution < 1.29 is 4.39 Å². The Morgan fingerprint density at radius 3 is 2.61 bits per heavy atom. The standard InChI is InChI=1S/C22H25FN4S/c1-2-18-8-4-6-11-21(18)25-22(28)27(14-7-13-26-15-12-24-17-26)16-19-9-3-5-10-20(19)23/h3-6,8-12,15,17H,2,7,13-14,16H2,1H3,(H,25,28). The molecule has 0 fully saturated rings. The minimum Gasteiger partial charge on any atom is -0.345 e. The zero-order valence-corrected chi connectivity index (χ0v) is 16.8. The van der Waals surface area contributed by atoms with E-state index in [0.29, 0.717) is 23.8 Å². The fraction of sp³-hybridized carbons (Fsp3) is 0.273. The topological polar surface area (TPSA) is 33.1 Å². The van der Waals surface area contributed by atoms with Crippen LogP contribution in [0, 0.1) is 5.82 Å². The summed E-state index contributed by atoms with van der Waals surface area (Å²) in [6.45, 7) is 4.09. The molecule has 0 saturated heterocycles. The lowest BCUT2D eigenvalue weighted by molar-refractivity contribution is 0.388. The number of anilines is 1. The molecule has 0 unspecified atom stereocenters. The second kappa shape index (κ2) is 9.99. The highest BCUT2D eigenvalue weighted by atomic mass is 32.1. The molecule has 28 heavy (non-hydrogen) atoms. The Labute approximate surface area is 171 Å². The molecule has 0 amide bonds.